The first-order valence-corrected chi connectivity index (χ1v) is 5.87. The van der Waals surface area contributed by atoms with Crippen LogP contribution in [-0.4, -0.2) is 33.4 Å². The van der Waals surface area contributed by atoms with Crippen LogP contribution in [-0.2, 0) is 19.9 Å². The van der Waals surface area contributed by atoms with Gasteiger partial charge in [-0.05, 0) is 0 Å². The molecule has 0 rings (SSSR count). The molecule has 0 aliphatic rings. The zero-order valence-corrected chi connectivity index (χ0v) is 8.37. The van der Waals surface area contributed by atoms with Gasteiger partial charge in [0.15, 0.2) is 0 Å². The molecule has 0 atom stereocenters. The number of halogens is 6. The normalized spacial score (nSPS) is 15.6. The first-order chi connectivity index (χ1) is 6.71. The Hall–Kier alpha value is -0.850. The van der Waals surface area contributed by atoms with Gasteiger partial charge in [0, 0.05) is 0 Å². The summed E-state index contributed by atoms with van der Waals surface area (Å²) in [5, 5.41) is 0. The molecule has 0 heterocycles. The van der Waals surface area contributed by atoms with E-state index in [1.807, 2.05) is 0 Å². The molecule has 0 bridgehead atoms. The Labute approximate surface area is 84.7 Å². The summed E-state index contributed by atoms with van der Waals surface area (Å²) in [7, 11) is -12.5. The van der Waals surface area contributed by atoms with E-state index in [0.29, 0.717) is 0 Å². The maximum atomic E-state index is 11.5. The molecule has 0 aromatic carbocycles. The van der Waals surface area contributed by atoms with Crippen LogP contribution in [0, 0.1) is 0 Å². The lowest BCUT2D eigenvalue weighted by Gasteiger charge is -2.03. The number of rotatable bonds is 2. The van der Waals surface area contributed by atoms with E-state index in [2.05, 4.69) is 0 Å². The van der Waals surface area contributed by atoms with Crippen molar-refractivity contribution in [1.82, 2.24) is 0 Å². The van der Waals surface area contributed by atoms with E-state index in [0.717, 1.165) is 0 Å². The lowest BCUT2D eigenvalue weighted by molar-refractivity contribution is -0.0440. The zero-order chi connectivity index (χ0) is 13.4. The van der Waals surface area contributed by atoms with Crippen molar-refractivity contribution in [1.29, 1.82) is 0 Å². The van der Waals surface area contributed by atoms with Gasteiger partial charge in [0.25, 0.3) is 9.84 Å². The zero-order valence-electron chi connectivity index (χ0n) is 6.74. The van der Waals surface area contributed by atoms with E-state index < -0.39 is 36.4 Å². The fourth-order valence-electron chi connectivity index (χ4n) is 0.233. The Balaban J connectivity index is 5.36. The summed E-state index contributed by atoms with van der Waals surface area (Å²) in [4.78, 5) is 0. The number of alkyl halides is 6. The minimum atomic E-state index is -6.30. The monoisotopic (exact) mass is 293 g/mol. The van der Waals surface area contributed by atoms with Crippen molar-refractivity contribution in [3.8, 4) is 0 Å². The van der Waals surface area contributed by atoms with Crippen LogP contribution in [0.4, 0.5) is 26.3 Å². The van der Waals surface area contributed by atoms with E-state index in [4.69, 9.17) is 0 Å². The van der Waals surface area contributed by atoms with Gasteiger partial charge in [-0.25, -0.2) is 8.42 Å². The number of nitrogens with zero attached hydrogens (tertiary/aromatic N) is 1. The molecule has 5 nitrogen and oxygen atoms in total. The van der Waals surface area contributed by atoms with Crippen LogP contribution >= 0.6 is 0 Å². The third-order valence-corrected chi connectivity index (χ3v) is 3.07. The Morgan fingerprint density at radius 2 is 1.19 bits per heavy atom. The largest absolute Gasteiger partial charge is 0.518 e. The second-order valence-corrected chi connectivity index (χ2v) is 5.51. The van der Waals surface area contributed by atoms with Crippen LogP contribution in [0.3, 0.4) is 0 Å². The highest BCUT2D eigenvalue weighted by Crippen LogP contribution is 2.26. The highest BCUT2D eigenvalue weighted by molar-refractivity contribution is 8.06. The second kappa shape index (κ2) is 3.87. The quantitative estimate of drug-likeness (QED) is 0.428. The molecule has 0 aromatic heterocycles. The SMILES string of the molecule is O=S(=O)(/C=N/S(=O)(=O)C(F)(F)F)C(F)(F)F. The average molecular weight is 293 g/mol. The predicted molar refractivity (Wildman–Crippen MR) is 38.4 cm³/mol. The fraction of sp³-hybridized carbons (Fsp3) is 0.667. The van der Waals surface area contributed by atoms with Crippen molar-refractivity contribution in [3.63, 3.8) is 0 Å². The summed E-state index contributed by atoms with van der Waals surface area (Å²) in [6, 6.07) is 0. The molecule has 0 amide bonds. The molecule has 0 saturated carbocycles. The van der Waals surface area contributed by atoms with Crippen molar-refractivity contribution in [3.05, 3.63) is 0 Å². The minimum Gasteiger partial charge on any atom is -0.213 e. The molecule has 0 unspecified atom stereocenters. The summed E-state index contributed by atoms with van der Waals surface area (Å²) in [5.74, 6) is 0. The molecule has 0 fully saturated rings. The Bertz CT molecular complexity index is 435. The Morgan fingerprint density at radius 1 is 0.812 bits per heavy atom. The molecule has 16 heavy (non-hydrogen) atoms. The Morgan fingerprint density at radius 3 is 1.44 bits per heavy atom. The molecule has 0 aromatic rings. The molecule has 0 saturated heterocycles. The van der Waals surface area contributed by atoms with Crippen molar-refractivity contribution < 1.29 is 43.2 Å². The van der Waals surface area contributed by atoms with Crippen LogP contribution in [0.15, 0.2) is 4.40 Å². The molecule has 0 aliphatic heterocycles. The predicted octanol–water partition coefficient (Wildman–Crippen LogP) is 0.799. The van der Waals surface area contributed by atoms with Crippen molar-refractivity contribution in [2.45, 2.75) is 11.0 Å². The van der Waals surface area contributed by atoms with Crippen molar-refractivity contribution >= 4 is 25.4 Å². The summed E-state index contributed by atoms with van der Waals surface area (Å²) >= 11 is 0. The summed E-state index contributed by atoms with van der Waals surface area (Å²) in [6.45, 7) is 0. The van der Waals surface area contributed by atoms with Gasteiger partial charge in [-0.15, -0.1) is 0 Å². The van der Waals surface area contributed by atoms with Crippen LogP contribution in [0.2, 0.25) is 0 Å². The van der Waals surface area contributed by atoms with Crippen molar-refractivity contribution in [2.24, 2.45) is 4.40 Å². The van der Waals surface area contributed by atoms with E-state index in [-0.39, 0.29) is 0 Å². The minimum absolute atomic E-state index is 1.31. The molecular formula is C3HF6NO4S2. The van der Waals surface area contributed by atoms with Gasteiger partial charge in [-0.3, -0.25) is 0 Å². The van der Waals surface area contributed by atoms with Gasteiger partial charge in [-0.2, -0.15) is 39.2 Å². The van der Waals surface area contributed by atoms with E-state index >= 15 is 0 Å². The maximum absolute atomic E-state index is 11.5. The van der Waals surface area contributed by atoms with Gasteiger partial charge < -0.3 is 0 Å². The van der Waals surface area contributed by atoms with Gasteiger partial charge in [-0.1, -0.05) is 0 Å². The maximum Gasteiger partial charge on any atom is 0.518 e. The molecular weight excluding hydrogens is 292 g/mol. The van der Waals surface area contributed by atoms with E-state index in [1.54, 1.807) is 0 Å². The number of sulfone groups is 1. The number of hydrogen-bond acceptors (Lipinski definition) is 4. The molecule has 0 radical (unpaired) electrons. The van der Waals surface area contributed by atoms with Crippen LogP contribution < -0.4 is 0 Å². The van der Waals surface area contributed by atoms with Crippen LogP contribution in [0.5, 0.6) is 0 Å². The number of sulfonamides is 1. The van der Waals surface area contributed by atoms with Crippen LogP contribution in [0.25, 0.3) is 0 Å². The number of hydrogen-bond donors (Lipinski definition) is 0. The van der Waals surface area contributed by atoms with E-state index in [9.17, 15) is 43.2 Å². The third-order valence-electron chi connectivity index (χ3n) is 0.936. The summed E-state index contributed by atoms with van der Waals surface area (Å²) < 4.78 is 111. The van der Waals surface area contributed by atoms with Gasteiger partial charge in [0.1, 0.15) is 5.55 Å². The standard InChI is InChI=1S/C3HF6NO4S2/c4-2(5,6)15(11,12)1-10-16(13,14)3(7,8)9/h1H/b10-1+. The van der Waals surface area contributed by atoms with Crippen LogP contribution in [0.1, 0.15) is 0 Å². The Kier molecular flexibility index (Phi) is 3.66. The lowest BCUT2D eigenvalue weighted by Crippen LogP contribution is -2.26. The lowest BCUT2D eigenvalue weighted by atomic mass is 11.5. The van der Waals surface area contributed by atoms with Gasteiger partial charge in [0.2, 0.25) is 0 Å². The highest BCUT2D eigenvalue weighted by atomic mass is 32.2. The smallest absolute Gasteiger partial charge is 0.213 e. The summed E-state index contributed by atoms with van der Waals surface area (Å²) in [6.07, 6.45) is 0. The topological polar surface area (TPSA) is 80.6 Å². The average Bonchev–Trinajstić information content (AvgIpc) is 1.97. The van der Waals surface area contributed by atoms with E-state index in [1.165, 1.54) is 4.40 Å². The fourth-order valence-corrected chi connectivity index (χ4v) is 1.38. The first-order valence-electron chi connectivity index (χ1n) is 2.89. The molecule has 0 N–H and O–H groups in total. The third kappa shape index (κ3) is 3.33. The molecule has 0 aliphatic carbocycles. The molecule has 13 heteroatoms. The highest BCUT2D eigenvalue weighted by Gasteiger charge is 2.48. The summed E-state index contributed by atoms with van der Waals surface area (Å²) in [5.41, 5.74) is -13.2. The molecule has 0 spiro atoms. The second-order valence-electron chi connectivity index (χ2n) is 2.12. The first kappa shape index (κ1) is 15.2. The van der Waals surface area contributed by atoms with Gasteiger partial charge in [0.05, 0.1) is 0 Å². The van der Waals surface area contributed by atoms with Gasteiger partial charge >= 0.3 is 21.0 Å². The van der Waals surface area contributed by atoms with Crippen molar-refractivity contribution in [2.75, 3.05) is 0 Å². The molecule has 96 valence electrons.